The topological polar surface area (TPSA) is 126 Å². The predicted octanol–water partition coefficient (Wildman–Crippen LogP) is 3.48. The number of carbonyl (C=O) groups excluding carboxylic acids is 1. The number of halogens is 3. The normalized spacial score (nSPS) is 16.7. The summed E-state index contributed by atoms with van der Waals surface area (Å²) in [6.07, 6.45) is -4.11. The summed E-state index contributed by atoms with van der Waals surface area (Å²) in [6.45, 7) is 1.03. The van der Waals surface area contributed by atoms with E-state index in [9.17, 15) is 26.4 Å². The third-order valence-electron chi connectivity index (χ3n) is 6.94. The predicted molar refractivity (Wildman–Crippen MR) is 154 cm³/mol. The van der Waals surface area contributed by atoms with E-state index >= 15 is 0 Å². The van der Waals surface area contributed by atoms with Gasteiger partial charge in [0.25, 0.3) is 5.91 Å². The van der Waals surface area contributed by atoms with Crippen LogP contribution in [-0.2, 0) is 22.6 Å². The molecule has 2 atom stereocenters. The minimum atomic E-state index is -4.86. The van der Waals surface area contributed by atoms with Gasteiger partial charge in [0.05, 0.1) is 25.1 Å². The van der Waals surface area contributed by atoms with E-state index in [1.165, 1.54) is 26.3 Å². The van der Waals surface area contributed by atoms with Crippen LogP contribution < -0.4 is 20.1 Å². The van der Waals surface area contributed by atoms with Gasteiger partial charge in [0.1, 0.15) is 17.4 Å². The average Bonchev–Trinajstić information content (AvgIpc) is 3.28. The molecule has 1 aliphatic rings. The Labute approximate surface area is 248 Å². The third kappa shape index (κ3) is 7.53. The van der Waals surface area contributed by atoms with Gasteiger partial charge in [-0.2, -0.15) is 22.5 Å². The molecule has 0 spiro atoms. The Hall–Kier alpha value is -3.95. The number of hydrogen-bond acceptors (Lipinski definition) is 9. The fourth-order valence-electron chi connectivity index (χ4n) is 4.70. The number of alkyl halides is 3. The van der Waals surface area contributed by atoms with Gasteiger partial charge < -0.3 is 25.0 Å². The summed E-state index contributed by atoms with van der Waals surface area (Å²) in [5.74, 6) is -1.09. The first-order chi connectivity index (χ1) is 20.2. The van der Waals surface area contributed by atoms with Crippen molar-refractivity contribution in [3.8, 4) is 11.6 Å². The van der Waals surface area contributed by atoms with Crippen molar-refractivity contribution < 1.29 is 35.9 Å². The number of sulfonamides is 1. The minimum Gasteiger partial charge on any atom is -0.495 e. The lowest BCUT2D eigenvalue weighted by Crippen LogP contribution is -2.38. The summed E-state index contributed by atoms with van der Waals surface area (Å²) in [6, 6.07) is 10.6. The van der Waals surface area contributed by atoms with Gasteiger partial charge in [0, 0.05) is 38.3 Å². The zero-order chi connectivity index (χ0) is 31.5. The fourth-order valence-corrected chi connectivity index (χ4v) is 5.36. The van der Waals surface area contributed by atoms with Crippen LogP contribution >= 0.6 is 0 Å². The lowest BCUT2D eigenvalue weighted by Gasteiger charge is -2.29. The Kier molecular flexibility index (Phi) is 9.47. The highest BCUT2D eigenvalue weighted by Crippen LogP contribution is 2.42. The maximum atomic E-state index is 14.0. The standard InChI is InChI=1S/C28H33F3N6O5S/c1-36(2)13-12-32-25(38)18-10-11-22(41-4)21(14-18)34-27-33-16-20(28(29,30)31)26(35-27)42-23-15-17-8-6-7-9-19(17)24(23)37(3)43(5,39)40/h6-11,14,16,23-24H,12-13,15H2,1-5H3,(H,32,38)(H,33,34,35)/t23-,24-/m1/s1. The van der Waals surface area contributed by atoms with Gasteiger partial charge in [-0.15, -0.1) is 0 Å². The van der Waals surface area contributed by atoms with Crippen molar-refractivity contribution in [3.05, 3.63) is 70.9 Å². The molecule has 1 aromatic heterocycles. The lowest BCUT2D eigenvalue weighted by molar-refractivity contribution is -0.140. The van der Waals surface area contributed by atoms with E-state index in [0.29, 0.717) is 24.8 Å². The summed E-state index contributed by atoms with van der Waals surface area (Å²) in [5, 5.41) is 5.61. The maximum Gasteiger partial charge on any atom is 0.423 e. The number of hydrogen-bond donors (Lipinski definition) is 2. The van der Waals surface area contributed by atoms with Crippen molar-refractivity contribution in [1.82, 2.24) is 24.5 Å². The molecule has 43 heavy (non-hydrogen) atoms. The number of nitrogens with zero attached hydrogens (tertiary/aromatic N) is 4. The van der Waals surface area contributed by atoms with Gasteiger partial charge in [0.15, 0.2) is 0 Å². The molecule has 11 nitrogen and oxygen atoms in total. The minimum absolute atomic E-state index is 0.156. The van der Waals surface area contributed by atoms with Gasteiger partial charge in [0.2, 0.25) is 21.9 Å². The van der Waals surface area contributed by atoms with Crippen LogP contribution in [0.25, 0.3) is 0 Å². The van der Waals surface area contributed by atoms with Gasteiger partial charge in [-0.1, -0.05) is 24.3 Å². The highest BCUT2D eigenvalue weighted by atomic mass is 32.2. The van der Waals surface area contributed by atoms with E-state index in [0.717, 1.165) is 16.1 Å². The number of rotatable bonds is 11. The molecule has 0 fully saturated rings. The molecule has 0 aliphatic heterocycles. The second-order valence-electron chi connectivity index (χ2n) is 10.3. The Balaban J connectivity index is 1.67. The van der Waals surface area contributed by atoms with Crippen molar-refractivity contribution in [3.63, 3.8) is 0 Å². The largest absolute Gasteiger partial charge is 0.495 e. The van der Waals surface area contributed by atoms with E-state index < -0.39 is 39.8 Å². The SMILES string of the molecule is COc1ccc(C(=O)NCCN(C)C)cc1Nc1ncc(C(F)(F)F)c(O[C@@H]2Cc3ccccc3[C@H]2N(C)S(C)(=O)=O)n1. The van der Waals surface area contributed by atoms with Crippen LogP contribution in [0.15, 0.2) is 48.7 Å². The summed E-state index contributed by atoms with van der Waals surface area (Å²) in [7, 11) is 2.77. The molecule has 0 radical (unpaired) electrons. The monoisotopic (exact) mass is 622 g/mol. The lowest BCUT2D eigenvalue weighted by atomic mass is 10.1. The van der Waals surface area contributed by atoms with Crippen LogP contribution in [-0.4, -0.2) is 87.2 Å². The van der Waals surface area contributed by atoms with Gasteiger partial charge in [-0.3, -0.25) is 4.79 Å². The number of fused-ring (bicyclic) bond motifs is 1. The molecule has 0 bridgehead atoms. The molecule has 15 heteroatoms. The molecule has 232 valence electrons. The second kappa shape index (κ2) is 12.7. The Morgan fingerprint density at radius 2 is 1.86 bits per heavy atom. The number of anilines is 2. The van der Waals surface area contributed by atoms with E-state index in [1.54, 1.807) is 30.3 Å². The van der Waals surface area contributed by atoms with Crippen LogP contribution in [0.5, 0.6) is 11.6 Å². The quantitative estimate of drug-likeness (QED) is 0.331. The summed E-state index contributed by atoms with van der Waals surface area (Å²) >= 11 is 0. The van der Waals surface area contributed by atoms with Crippen LogP contribution in [0.4, 0.5) is 24.8 Å². The smallest absolute Gasteiger partial charge is 0.423 e. The fraction of sp³-hybridized carbons (Fsp3) is 0.393. The number of benzene rings is 2. The van der Waals surface area contributed by atoms with Crippen LogP contribution in [0.2, 0.25) is 0 Å². The number of ether oxygens (including phenoxy) is 2. The first-order valence-electron chi connectivity index (χ1n) is 13.2. The molecular formula is C28H33F3N6O5S. The molecule has 0 saturated heterocycles. The van der Waals surface area contributed by atoms with Crippen LogP contribution in [0.1, 0.15) is 33.1 Å². The number of likely N-dealkylation sites (N-methyl/N-ethyl adjacent to an activating group) is 2. The number of methoxy groups -OCH3 is 1. The van der Waals surface area contributed by atoms with Gasteiger partial charge >= 0.3 is 6.18 Å². The first kappa shape index (κ1) is 32.0. The van der Waals surface area contributed by atoms with E-state index in [1.807, 2.05) is 19.0 Å². The van der Waals surface area contributed by atoms with Crippen LogP contribution in [0, 0.1) is 0 Å². The van der Waals surface area contributed by atoms with E-state index in [-0.39, 0.29) is 35.3 Å². The zero-order valence-electron chi connectivity index (χ0n) is 24.3. The van der Waals surface area contributed by atoms with Crippen molar-refractivity contribution in [2.75, 3.05) is 52.9 Å². The van der Waals surface area contributed by atoms with Gasteiger partial charge in [-0.25, -0.2) is 13.4 Å². The number of amides is 1. The molecule has 1 amide bonds. The average molecular weight is 623 g/mol. The summed E-state index contributed by atoms with van der Waals surface area (Å²) in [5.41, 5.74) is 0.666. The summed E-state index contributed by atoms with van der Waals surface area (Å²) in [4.78, 5) is 22.5. The summed E-state index contributed by atoms with van der Waals surface area (Å²) < 4.78 is 79.4. The number of nitrogens with one attached hydrogen (secondary N) is 2. The molecule has 4 rings (SSSR count). The van der Waals surface area contributed by atoms with E-state index in [2.05, 4.69) is 20.6 Å². The molecule has 2 aromatic carbocycles. The molecule has 0 unspecified atom stereocenters. The van der Waals surface area contributed by atoms with Gasteiger partial charge in [-0.05, 0) is 43.4 Å². The highest BCUT2D eigenvalue weighted by Gasteiger charge is 2.43. The second-order valence-corrected chi connectivity index (χ2v) is 12.3. The Morgan fingerprint density at radius 3 is 2.51 bits per heavy atom. The molecule has 3 aromatic rings. The van der Waals surface area contributed by atoms with E-state index in [4.69, 9.17) is 9.47 Å². The first-order valence-corrected chi connectivity index (χ1v) is 15.0. The Bertz CT molecular complexity index is 1590. The highest BCUT2D eigenvalue weighted by molar-refractivity contribution is 7.88. The van der Waals surface area contributed by atoms with Crippen molar-refractivity contribution >= 4 is 27.6 Å². The van der Waals surface area contributed by atoms with Crippen molar-refractivity contribution in [2.45, 2.75) is 24.7 Å². The Morgan fingerprint density at radius 1 is 1.14 bits per heavy atom. The molecule has 1 heterocycles. The van der Waals surface area contributed by atoms with Crippen molar-refractivity contribution in [2.24, 2.45) is 0 Å². The maximum absolute atomic E-state index is 14.0. The molecule has 1 aliphatic carbocycles. The third-order valence-corrected chi connectivity index (χ3v) is 8.21. The molecule has 2 N–H and O–H groups in total. The number of aromatic nitrogens is 2. The van der Waals surface area contributed by atoms with Crippen LogP contribution in [0.3, 0.4) is 0 Å². The molecular weight excluding hydrogens is 589 g/mol. The molecule has 0 saturated carbocycles. The number of carbonyl (C=O) groups is 1. The van der Waals surface area contributed by atoms with Crippen molar-refractivity contribution in [1.29, 1.82) is 0 Å². The zero-order valence-corrected chi connectivity index (χ0v) is 25.1.